The first-order valence-electron chi connectivity index (χ1n) is 5.90. The van der Waals surface area contributed by atoms with Gasteiger partial charge >= 0.3 is 0 Å². The zero-order chi connectivity index (χ0) is 13.1. The van der Waals surface area contributed by atoms with Gasteiger partial charge in [0.05, 0.1) is 0 Å². The summed E-state index contributed by atoms with van der Waals surface area (Å²) in [6.45, 7) is 2.01. The molecule has 4 N–H and O–H groups in total. The Balaban J connectivity index is 2.42. The van der Waals surface area contributed by atoms with Crippen molar-refractivity contribution >= 4 is 17.2 Å². The first kappa shape index (κ1) is 12.2. The van der Waals surface area contributed by atoms with Crippen LogP contribution >= 0.6 is 0 Å². The summed E-state index contributed by atoms with van der Waals surface area (Å²) >= 11 is 0. The van der Waals surface area contributed by atoms with Crippen LogP contribution in [0.1, 0.15) is 28.4 Å². The van der Waals surface area contributed by atoms with Crippen molar-refractivity contribution < 1.29 is 4.79 Å². The average Bonchev–Trinajstić information content (AvgIpc) is 2.38. The number of aryl methyl sites for hydroxylation is 1. The molecule has 0 atom stereocenters. The number of anilines is 2. The van der Waals surface area contributed by atoms with Gasteiger partial charge in [-0.2, -0.15) is 0 Å². The Morgan fingerprint density at radius 3 is 2.22 bits per heavy atom. The molecule has 0 radical (unpaired) electrons. The van der Waals surface area contributed by atoms with Crippen LogP contribution in [0.4, 0.5) is 11.4 Å². The Hall–Kier alpha value is -2.29. The lowest BCUT2D eigenvalue weighted by Crippen LogP contribution is -2.06. The highest BCUT2D eigenvalue weighted by atomic mass is 16.1. The van der Waals surface area contributed by atoms with E-state index < -0.39 is 0 Å². The maximum Gasteiger partial charge on any atom is 0.193 e. The lowest BCUT2D eigenvalue weighted by atomic mass is 9.96. The second-order valence-electron chi connectivity index (χ2n) is 4.22. The number of benzene rings is 2. The van der Waals surface area contributed by atoms with Gasteiger partial charge in [-0.15, -0.1) is 0 Å². The van der Waals surface area contributed by atoms with Crippen molar-refractivity contribution in [1.29, 1.82) is 0 Å². The van der Waals surface area contributed by atoms with E-state index in [1.807, 2.05) is 13.0 Å². The number of nitrogen functional groups attached to an aromatic ring is 2. The highest BCUT2D eigenvalue weighted by Gasteiger charge is 2.12. The van der Waals surface area contributed by atoms with E-state index in [0.717, 1.165) is 12.0 Å². The molecular formula is C15H16N2O. The van der Waals surface area contributed by atoms with E-state index in [1.165, 1.54) is 0 Å². The number of carbonyl (C=O) groups excluding carboxylic acids is 1. The van der Waals surface area contributed by atoms with Gasteiger partial charge in [0, 0.05) is 22.5 Å². The highest BCUT2D eigenvalue weighted by Crippen LogP contribution is 2.19. The first-order chi connectivity index (χ1) is 8.61. The minimum absolute atomic E-state index is 0.00634. The average molecular weight is 240 g/mol. The summed E-state index contributed by atoms with van der Waals surface area (Å²) in [4.78, 5) is 12.4. The second-order valence-corrected chi connectivity index (χ2v) is 4.22. The van der Waals surface area contributed by atoms with E-state index in [0.29, 0.717) is 22.5 Å². The van der Waals surface area contributed by atoms with Crippen LogP contribution in [0, 0.1) is 0 Å². The molecule has 0 spiro atoms. The molecule has 2 aromatic rings. The summed E-state index contributed by atoms with van der Waals surface area (Å²) in [6.07, 6.45) is 0.779. The minimum Gasteiger partial charge on any atom is -0.399 e. The Labute approximate surface area is 106 Å². The molecule has 2 aromatic carbocycles. The van der Waals surface area contributed by atoms with Crippen LogP contribution in [0.25, 0.3) is 0 Å². The van der Waals surface area contributed by atoms with Crippen LogP contribution in [0.2, 0.25) is 0 Å². The smallest absolute Gasteiger partial charge is 0.193 e. The van der Waals surface area contributed by atoms with Crippen molar-refractivity contribution in [3.8, 4) is 0 Å². The predicted octanol–water partition coefficient (Wildman–Crippen LogP) is 2.64. The van der Waals surface area contributed by atoms with E-state index in [1.54, 1.807) is 36.4 Å². The van der Waals surface area contributed by atoms with Crippen LogP contribution in [-0.4, -0.2) is 5.78 Å². The van der Waals surface area contributed by atoms with Crippen molar-refractivity contribution in [2.45, 2.75) is 13.3 Å². The fourth-order valence-corrected chi connectivity index (χ4v) is 1.92. The molecule has 0 aliphatic heterocycles. The van der Waals surface area contributed by atoms with Gasteiger partial charge in [-0.1, -0.05) is 6.92 Å². The molecule has 18 heavy (non-hydrogen) atoms. The Kier molecular flexibility index (Phi) is 3.33. The third-order valence-electron chi connectivity index (χ3n) is 2.93. The number of ketones is 1. The van der Waals surface area contributed by atoms with Gasteiger partial charge in [0.15, 0.2) is 5.78 Å². The monoisotopic (exact) mass is 240 g/mol. The summed E-state index contributed by atoms with van der Waals surface area (Å²) in [5.74, 6) is 0.00634. The number of rotatable bonds is 3. The van der Waals surface area contributed by atoms with E-state index in [-0.39, 0.29) is 5.78 Å². The fourth-order valence-electron chi connectivity index (χ4n) is 1.92. The van der Waals surface area contributed by atoms with Crippen molar-refractivity contribution in [2.24, 2.45) is 0 Å². The van der Waals surface area contributed by atoms with Crippen molar-refractivity contribution in [1.82, 2.24) is 0 Å². The quantitative estimate of drug-likeness (QED) is 0.640. The maximum atomic E-state index is 12.4. The van der Waals surface area contributed by atoms with Gasteiger partial charge < -0.3 is 11.5 Å². The van der Waals surface area contributed by atoms with Gasteiger partial charge in [0.1, 0.15) is 0 Å². The summed E-state index contributed by atoms with van der Waals surface area (Å²) in [7, 11) is 0. The molecule has 92 valence electrons. The molecule has 0 aromatic heterocycles. The Morgan fingerprint density at radius 2 is 1.61 bits per heavy atom. The molecule has 0 fully saturated rings. The number of carbonyl (C=O) groups is 1. The minimum atomic E-state index is 0.00634. The predicted molar refractivity (Wildman–Crippen MR) is 74.5 cm³/mol. The van der Waals surface area contributed by atoms with Crippen molar-refractivity contribution in [3.63, 3.8) is 0 Å². The van der Waals surface area contributed by atoms with Crippen LogP contribution in [0.3, 0.4) is 0 Å². The maximum absolute atomic E-state index is 12.4. The van der Waals surface area contributed by atoms with Crippen molar-refractivity contribution in [2.75, 3.05) is 11.5 Å². The van der Waals surface area contributed by atoms with Crippen LogP contribution in [0.15, 0.2) is 42.5 Å². The summed E-state index contributed by atoms with van der Waals surface area (Å²) < 4.78 is 0. The second kappa shape index (κ2) is 4.92. The van der Waals surface area contributed by atoms with E-state index >= 15 is 0 Å². The Bertz CT molecular complexity index is 574. The SMILES string of the molecule is CCc1cc(N)ccc1C(=O)c1ccc(N)cc1. The van der Waals surface area contributed by atoms with Gasteiger partial charge in [0.2, 0.25) is 0 Å². The molecule has 0 aliphatic rings. The zero-order valence-corrected chi connectivity index (χ0v) is 10.3. The molecule has 2 rings (SSSR count). The molecule has 3 nitrogen and oxygen atoms in total. The topological polar surface area (TPSA) is 69.1 Å². The molecule has 0 bridgehead atoms. The molecule has 0 saturated carbocycles. The van der Waals surface area contributed by atoms with E-state index in [2.05, 4.69) is 0 Å². The lowest BCUT2D eigenvalue weighted by Gasteiger charge is -2.08. The van der Waals surface area contributed by atoms with Gasteiger partial charge in [-0.3, -0.25) is 4.79 Å². The molecule has 0 amide bonds. The Morgan fingerprint density at radius 1 is 1.00 bits per heavy atom. The fraction of sp³-hybridized carbons (Fsp3) is 0.133. The number of nitrogens with two attached hydrogens (primary N) is 2. The van der Waals surface area contributed by atoms with E-state index in [4.69, 9.17) is 11.5 Å². The van der Waals surface area contributed by atoms with E-state index in [9.17, 15) is 4.79 Å². The molecule has 0 heterocycles. The summed E-state index contributed by atoms with van der Waals surface area (Å²) in [5.41, 5.74) is 15.0. The molecule has 0 aliphatic carbocycles. The van der Waals surface area contributed by atoms with Gasteiger partial charge in [0.25, 0.3) is 0 Å². The molecule has 0 unspecified atom stereocenters. The third kappa shape index (κ3) is 2.35. The first-order valence-corrected chi connectivity index (χ1v) is 5.90. The van der Waals surface area contributed by atoms with Gasteiger partial charge in [-0.05, 0) is 54.4 Å². The van der Waals surface area contributed by atoms with Gasteiger partial charge in [-0.25, -0.2) is 0 Å². The number of hydrogen-bond donors (Lipinski definition) is 2. The third-order valence-corrected chi connectivity index (χ3v) is 2.93. The molecular weight excluding hydrogens is 224 g/mol. The molecule has 3 heteroatoms. The summed E-state index contributed by atoms with van der Waals surface area (Å²) in [6, 6.07) is 12.3. The van der Waals surface area contributed by atoms with Crippen LogP contribution < -0.4 is 11.5 Å². The van der Waals surface area contributed by atoms with Crippen LogP contribution in [-0.2, 0) is 6.42 Å². The largest absolute Gasteiger partial charge is 0.399 e. The standard InChI is InChI=1S/C15H16N2O/c1-2-10-9-13(17)7-8-14(10)15(18)11-3-5-12(16)6-4-11/h3-9H,2,16-17H2,1H3. The highest BCUT2D eigenvalue weighted by molar-refractivity contribution is 6.10. The zero-order valence-electron chi connectivity index (χ0n) is 10.3. The van der Waals surface area contributed by atoms with Crippen LogP contribution in [0.5, 0.6) is 0 Å². The number of hydrogen-bond acceptors (Lipinski definition) is 3. The lowest BCUT2D eigenvalue weighted by molar-refractivity contribution is 0.103. The van der Waals surface area contributed by atoms with Crippen molar-refractivity contribution in [3.05, 3.63) is 59.2 Å². The normalized spacial score (nSPS) is 10.3. The molecule has 0 saturated heterocycles. The summed E-state index contributed by atoms with van der Waals surface area (Å²) in [5, 5.41) is 0.